The largest absolute Gasteiger partial charge is 0.477 e. The van der Waals surface area contributed by atoms with Gasteiger partial charge in [0.25, 0.3) is 0 Å². The van der Waals surface area contributed by atoms with Crippen LogP contribution in [0.3, 0.4) is 0 Å². The standard InChI is InChI=1S/C24H31ClN4O/c1-16-14-17(2)22-20(15-16)27-23(28-22)19-7-10-26-24(21(19)25)30-13-5-4-6-18-8-11-29(3)12-9-18/h7,10,14-15,18H,4-6,8-9,11-13H2,1-3H3,(H,27,28). The molecule has 5 nitrogen and oxygen atoms in total. The minimum absolute atomic E-state index is 0.488. The fourth-order valence-corrected chi connectivity index (χ4v) is 4.62. The van der Waals surface area contributed by atoms with Crippen molar-refractivity contribution in [3.8, 4) is 17.3 Å². The van der Waals surface area contributed by atoms with E-state index in [0.29, 0.717) is 17.5 Å². The van der Waals surface area contributed by atoms with Gasteiger partial charge >= 0.3 is 0 Å². The maximum absolute atomic E-state index is 6.64. The Labute approximate surface area is 183 Å². The number of nitrogens with zero attached hydrogens (tertiary/aromatic N) is 3. The number of aromatic nitrogens is 3. The molecule has 1 N–H and O–H groups in total. The summed E-state index contributed by atoms with van der Waals surface area (Å²) in [5.74, 6) is 2.10. The quantitative estimate of drug-likeness (QED) is 0.486. The fourth-order valence-electron chi connectivity index (χ4n) is 4.36. The Morgan fingerprint density at radius 2 is 2.00 bits per heavy atom. The van der Waals surface area contributed by atoms with Gasteiger partial charge in [-0.15, -0.1) is 0 Å². The molecule has 0 unspecified atom stereocenters. The van der Waals surface area contributed by atoms with Gasteiger partial charge in [-0.05, 0) is 88.8 Å². The zero-order valence-electron chi connectivity index (χ0n) is 18.2. The monoisotopic (exact) mass is 426 g/mol. The first-order valence-corrected chi connectivity index (χ1v) is 11.3. The fraction of sp³-hybridized carbons (Fsp3) is 0.500. The van der Waals surface area contributed by atoms with Crippen molar-refractivity contribution in [3.63, 3.8) is 0 Å². The molecule has 0 atom stereocenters. The summed E-state index contributed by atoms with van der Waals surface area (Å²) in [5, 5.41) is 0.515. The second-order valence-electron chi connectivity index (χ2n) is 8.63. The molecule has 1 aromatic carbocycles. The molecule has 0 aliphatic carbocycles. The third-order valence-electron chi connectivity index (χ3n) is 6.12. The molecule has 2 aromatic heterocycles. The van der Waals surface area contributed by atoms with Crippen LogP contribution in [0.25, 0.3) is 22.4 Å². The number of halogens is 1. The number of likely N-dealkylation sites (tertiary alicyclic amines) is 1. The van der Waals surface area contributed by atoms with Crippen LogP contribution >= 0.6 is 11.6 Å². The topological polar surface area (TPSA) is 54.0 Å². The molecule has 1 saturated heterocycles. The van der Waals surface area contributed by atoms with E-state index in [9.17, 15) is 0 Å². The van der Waals surface area contributed by atoms with E-state index < -0.39 is 0 Å². The number of imidazole rings is 1. The van der Waals surface area contributed by atoms with E-state index in [1.54, 1.807) is 6.20 Å². The van der Waals surface area contributed by atoms with Gasteiger partial charge in [-0.2, -0.15) is 0 Å². The normalized spacial score (nSPS) is 15.7. The zero-order chi connectivity index (χ0) is 21.1. The number of ether oxygens (including phenoxy) is 1. The van der Waals surface area contributed by atoms with E-state index in [-0.39, 0.29) is 0 Å². The summed E-state index contributed by atoms with van der Waals surface area (Å²) in [6.45, 7) is 7.27. The van der Waals surface area contributed by atoms with Crippen molar-refractivity contribution in [3.05, 3.63) is 40.5 Å². The number of nitrogens with one attached hydrogen (secondary N) is 1. The summed E-state index contributed by atoms with van der Waals surface area (Å²) in [4.78, 5) is 14.9. The number of rotatable bonds is 7. The zero-order valence-corrected chi connectivity index (χ0v) is 18.9. The molecule has 30 heavy (non-hydrogen) atoms. The van der Waals surface area contributed by atoms with Crippen molar-refractivity contribution < 1.29 is 4.74 Å². The third kappa shape index (κ3) is 4.79. The van der Waals surface area contributed by atoms with Gasteiger partial charge in [-0.1, -0.05) is 24.1 Å². The highest BCUT2D eigenvalue weighted by molar-refractivity contribution is 6.34. The van der Waals surface area contributed by atoms with Crippen LogP contribution in [0.2, 0.25) is 5.02 Å². The van der Waals surface area contributed by atoms with Gasteiger partial charge in [-0.25, -0.2) is 9.97 Å². The minimum Gasteiger partial charge on any atom is -0.477 e. The Morgan fingerprint density at radius 1 is 1.20 bits per heavy atom. The first-order valence-electron chi connectivity index (χ1n) is 10.9. The van der Waals surface area contributed by atoms with Crippen LogP contribution in [0.1, 0.15) is 43.2 Å². The number of pyridine rings is 1. The first-order chi connectivity index (χ1) is 14.5. The number of piperidine rings is 1. The Bertz CT molecular complexity index is 1010. The van der Waals surface area contributed by atoms with Crippen molar-refractivity contribution in [2.45, 2.75) is 46.0 Å². The molecule has 3 heterocycles. The van der Waals surface area contributed by atoms with Gasteiger partial charge in [0.05, 0.1) is 17.6 Å². The molecule has 6 heteroatoms. The number of unbranched alkanes of at least 4 members (excludes halogenated alkanes) is 1. The summed E-state index contributed by atoms with van der Waals surface area (Å²) in [5.41, 5.74) is 5.17. The summed E-state index contributed by atoms with van der Waals surface area (Å²) in [6.07, 6.45) is 7.88. The Hall–Kier alpha value is -2.11. The highest BCUT2D eigenvalue weighted by Crippen LogP contribution is 2.34. The van der Waals surface area contributed by atoms with E-state index in [2.05, 4.69) is 47.9 Å². The van der Waals surface area contributed by atoms with E-state index in [4.69, 9.17) is 21.3 Å². The van der Waals surface area contributed by atoms with Crippen molar-refractivity contribution in [2.24, 2.45) is 5.92 Å². The van der Waals surface area contributed by atoms with E-state index >= 15 is 0 Å². The van der Waals surface area contributed by atoms with Gasteiger partial charge in [0.1, 0.15) is 10.8 Å². The van der Waals surface area contributed by atoms with Crippen molar-refractivity contribution in [1.29, 1.82) is 0 Å². The van der Waals surface area contributed by atoms with Crippen LogP contribution in [-0.4, -0.2) is 46.6 Å². The molecule has 3 aromatic rings. The van der Waals surface area contributed by atoms with Crippen LogP contribution in [-0.2, 0) is 0 Å². The second-order valence-corrected chi connectivity index (χ2v) is 9.01. The summed E-state index contributed by atoms with van der Waals surface area (Å²) in [6, 6.07) is 6.13. The Kier molecular flexibility index (Phi) is 6.59. The summed E-state index contributed by atoms with van der Waals surface area (Å²) < 4.78 is 5.93. The van der Waals surface area contributed by atoms with Crippen molar-refractivity contribution in [2.75, 3.05) is 26.7 Å². The first kappa shape index (κ1) is 21.1. The van der Waals surface area contributed by atoms with Crippen LogP contribution in [0.5, 0.6) is 5.88 Å². The van der Waals surface area contributed by atoms with Crippen LogP contribution < -0.4 is 4.74 Å². The van der Waals surface area contributed by atoms with Gasteiger partial charge in [-0.3, -0.25) is 0 Å². The van der Waals surface area contributed by atoms with E-state index in [0.717, 1.165) is 40.3 Å². The SMILES string of the molecule is Cc1cc(C)c2nc(-c3ccnc(OCCCCC4CCN(C)CC4)c3Cl)[nH]c2c1. The van der Waals surface area contributed by atoms with Crippen LogP contribution in [0, 0.1) is 19.8 Å². The molecule has 0 radical (unpaired) electrons. The molecule has 0 spiro atoms. The molecular formula is C24H31ClN4O. The highest BCUT2D eigenvalue weighted by atomic mass is 35.5. The second kappa shape index (κ2) is 9.36. The lowest BCUT2D eigenvalue weighted by Gasteiger charge is -2.28. The van der Waals surface area contributed by atoms with Crippen LogP contribution in [0.15, 0.2) is 24.4 Å². The van der Waals surface area contributed by atoms with Crippen molar-refractivity contribution >= 4 is 22.6 Å². The molecular weight excluding hydrogens is 396 g/mol. The molecule has 1 aliphatic rings. The van der Waals surface area contributed by atoms with Crippen LogP contribution in [0.4, 0.5) is 0 Å². The Balaban J connectivity index is 1.37. The molecule has 1 fully saturated rings. The lowest BCUT2D eigenvalue weighted by Crippen LogP contribution is -2.30. The number of fused-ring (bicyclic) bond motifs is 1. The average Bonchev–Trinajstić information content (AvgIpc) is 3.14. The average molecular weight is 427 g/mol. The summed E-state index contributed by atoms with van der Waals surface area (Å²) >= 11 is 6.64. The number of benzene rings is 1. The smallest absolute Gasteiger partial charge is 0.233 e. The molecule has 160 valence electrons. The molecule has 0 saturated carbocycles. The highest BCUT2D eigenvalue weighted by Gasteiger charge is 2.17. The molecule has 0 amide bonds. The molecule has 0 bridgehead atoms. The minimum atomic E-state index is 0.488. The Morgan fingerprint density at radius 3 is 2.80 bits per heavy atom. The van der Waals surface area contributed by atoms with Gasteiger partial charge < -0.3 is 14.6 Å². The number of H-pyrrole nitrogens is 1. The molecule has 4 rings (SSSR count). The van der Waals surface area contributed by atoms with E-state index in [1.807, 2.05) is 6.07 Å². The number of hydrogen-bond acceptors (Lipinski definition) is 4. The third-order valence-corrected chi connectivity index (χ3v) is 6.48. The lowest BCUT2D eigenvalue weighted by atomic mass is 9.92. The van der Waals surface area contributed by atoms with Gasteiger partial charge in [0.2, 0.25) is 5.88 Å². The maximum atomic E-state index is 6.64. The lowest BCUT2D eigenvalue weighted by molar-refractivity contribution is 0.205. The van der Waals surface area contributed by atoms with E-state index in [1.165, 1.54) is 44.3 Å². The molecule has 1 aliphatic heterocycles. The van der Waals surface area contributed by atoms with Gasteiger partial charge in [0, 0.05) is 11.8 Å². The maximum Gasteiger partial charge on any atom is 0.233 e. The summed E-state index contributed by atoms with van der Waals surface area (Å²) in [7, 11) is 2.21. The number of aryl methyl sites for hydroxylation is 2. The van der Waals surface area contributed by atoms with Gasteiger partial charge in [0.15, 0.2) is 0 Å². The number of hydrogen-bond donors (Lipinski definition) is 1. The predicted octanol–water partition coefficient (Wildman–Crippen LogP) is 5.79. The predicted molar refractivity (Wildman–Crippen MR) is 123 cm³/mol. The number of aromatic amines is 1. The van der Waals surface area contributed by atoms with Crippen molar-refractivity contribution in [1.82, 2.24) is 19.9 Å².